The summed E-state index contributed by atoms with van der Waals surface area (Å²) in [5, 5.41) is 21.1. The smallest absolute Gasteiger partial charge is 0.257 e. The van der Waals surface area contributed by atoms with E-state index in [1.54, 1.807) is 22.5 Å². The number of rotatable bonds is 5. The van der Waals surface area contributed by atoms with Gasteiger partial charge in [-0.3, -0.25) is 9.59 Å². The molecular weight excluding hydrogens is 400 g/mol. The van der Waals surface area contributed by atoms with Gasteiger partial charge in [0, 0.05) is 19.0 Å². The van der Waals surface area contributed by atoms with Crippen molar-refractivity contribution in [2.45, 2.75) is 19.3 Å². The van der Waals surface area contributed by atoms with Gasteiger partial charge in [-0.2, -0.15) is 0 Å². The van der Waals surface area contributed by atoms with E-state index in [1.807, 2.05) is 36.4 Å². The Morgan fingerprint density at radius 3 is 2.57 bits per heavy atom. The zero-order valence-corrected chi connectivity index (χ0v) is 17.1. The van der Waals surface area contributed by atoms with Gasteiger partial charge < -0.3 is 15.3 Å². The van der Waals surface area contributed by atoms with Crippen LogP contribution in [-0.2, 0) is 11.2 Å². The molecule has 2 N–H and O–H groups in total. The first-order valence-electron chi connectivity index (χ1n) is 9.82. The minimum atomic E-state index is -0.203. The average molecular weight is 423 g/mol. The van der Waals surface area contributed by atoms with Gasteiger partial charge in [-0.05, 0) is 42.5 Å². The number of anilines is 1. The molecule has 1 aliphatic heterocycles. The monoisotopic (exact) mass is 422 g/mol. The molecule has 1 aromatic heterocycles. The summed E-state index contributed by atoms with van der Waals surface area (Å²) in [6, 6.07) is 15.2. The molecule has 30 heavy (non-hydrogen) atoms. The Hall–Kier alpha value is -3.26. The number of phenols is 1. The third-order valence-electron chi connectivity index (χ3n) is 5.29. The van der Waals surface area contributed by atoms with E-state index in [1.165, 1.54) is 11.3 Å². The molecule has 0 radical (unpaired) electrons. The van der Waals surface area contributed by atoms with Gasteiger partial charge in [-0.15, -0.1) is 10.2 Å². The van der Waals surface area contributed by atoms with E-state index in [4.69, 9.17) is 0 Å². The summed E-state index contributed by atoms with van der Waals surface area (Å²) < 4.78 is 0. The van der Waals surface area contributed by atoms with Crippen LogP contribution in [0.1, 0.15) is 34.3 Å². The molecular formula is C22H22N4O3S. The van der Waals surface area contributed by atoms with Gasteiger partial charge in [0.05, 0.1) is 5.56 Å². The number of piperidine rings is 1. The number of hydrogen-bond acceptors (Lipinski definition) is 6. The van der Waals surface area contributed by atoms with Gasteiger partial charge in [0.1, 0.15) is 11.3 Å². The van der Waals surface area contributed by atoms with Crippen LogP contribution in [-0.4, -0.2) is 45.1 Å². The Labute approximate surface area is 178 Å². The van der Waals surface area contributed by atoms with Crippen LogP contribution in [0.2, 0.25) is 0 Å². The molecule has 0 bridgehead atoms. The lowest BCUT2D eigenvalue weighted by Gasteiger charge is -2.31. The van der Waals surface area contributed by atoms with Gasteiger partial charge >= 0.3 is 0 Å². The predicted octanol–water partition coefficient (Wildman–Crippen LogP) is 3.33. The van der Waals surface area contributed by atoms with E-state index in [9.17, 15) is 14.7 Å². The lowest BCUT2D eigenvalue weighted by atomic mass is 9.95. The summed E-state index contributed by atoms with van der Waals surface area (Å²) in [5.41, 5.74) is 3.98. The van der Waals surface area contributed by atoms with Crippen LogP contribution in [0, 0.1) is 5.92 Å². The molecule has 154 valence electrons. The largest absolute Gasteiger partial charge is 0.507 e. The molecule has 8 heteroatoms. The first-order chi connectivity index (χ1) is 14.6. The first kappa shape index (κ1) is 20.0. The van der Waals surface area contributed by atoms with E-state index in [0.717, 1.165) is 11.1 Å². The summed E-state index contributed by atoms with van der Waals surface area (Å²) >= 11 is 1.27. The Kier molecular flexibility index (Phi) is 6.04. The molecule has 4 rings (SSSR count). The van der Waals surface area contributed by atoms with E-state index in [0.29, 0.717) is 43.0 Å². The van der Waals surface area contributed by atoms with Crippen LogP contribution in [0.4, 0.5) is 5.13 Å². The maximum Gasteiger partial charge on any atom is 0.257 e. The second kappa shape index (κ2) is 9.04. The van der Waals surface area contributed by atoms with Gasteiger partial charge in [0.15, 0.2) is 0 Å². The Bertz CT molecular complexity index is 1020. The predicted molar refractivity (Wildman–Crippen MR) is 115 cm³/mol. The SMILES string of the molecule is O=C(Nc1nncs1)C1CCN(C(=O)c2cc(Cc3ccccc3)ccc2O)CC1. The van der Waals surface area contributed by atoms with Crippen molar-refractivity contribution in [3.05, 3.63) is 70.7 Å². The maximum absolute atomic E-state index is 13.0. The molecule has 2 amide bonds. The van der Waals surface area contributed by atoms with Gasteiger partial charge in [0.25, 0.3) is 5.91 Å². The summed E-state index contributed by atoms with van der Waals surface area (Å²) in [6.07, 6.45) is 1.83. The van der Waals surface area contributed by atoms with Crippen LogP contribution >= 0.6 is 11.3 Å². The van der Waals surface area contributed by atoms with E-state index in [2.05, 4.69) is 15.5 Å². The number of hydrogen-bond donors (Lipinski definition) is 2. The molecule has 1 saturated heterocycles. The maximum atomic E-state index is 13.0. The molecule has 0 unspecified atom stereocenters. The fraction of sp³-hybridized carbons (Fsp3) is 0.273. The van der Waals surface area contributed by atoms with Crippen LogP contribution in [0.3, 0.4) is 0 Å². The quantitative estimate of drug-likeness (QED) is 0.658. The number of likely N-dealkylation sites (tertiary alicyclic amines) is 1. The van der Waals surface area contributed by atoms with Crippen LogP contribution in [0.25, 0.3) is 0 Å². The minimum Gasteiger partial charge on any atom is -0.507 e. The van der Waals surface area contributed by atoms with Crippen molar-refractivity contribution in [1.82, 2.24) is 15.1 Å². The molecule has 3 aromatic rings. The van der Waals surface area contributed by atoms with Crippen molar-refractivity contribution in [2.24, 2.45) is 5.92 Å². The van der Waals surface area contributed by atoms with Crippen molar-refractivity contribution in [3.63, 3.8) is 0 Å². The topological polar surface area (TPSA) is 95.4 Å². The molecule has 2 heterocycles. The number of nitrogens with one attached hydrogen (secondary N) is 1. The second-order valence-electron chi connectivity index (χ2n) is 7.31. The number of amides is 2. The summed E-state index contributed by atoms with van der Waals surface area (Å²) in [4.78, 5) is 27.1. The number of aromatic hydroxyl groups is 1. The summed E-state index contributed by atoms with van der Waals surface area (Å²) in [6.45, 7) is 0.935. The molecule has 0 spiro atoms. The average Bonchev–Trinajstić information content (AvgIpc) is 3.28. The van der Waals surface area contributed by atoms with Crippen molar-refractivity contribution in [1.29, 1.82) is 0 Å². The van der Waals surface area contributed by atoms with Crippen molar-refractivity contribution in [2.75, 3.05) is 18.4 Å². The Morgan fingerprint density at radius 2 is 1.87 bits per heavy atom. The zero-order valence-electron chi connectivity index (χ0n) is 16.3. The summed E-state index contributed by atoms with van der Waals surface area (Å²) in [7, 11) is 0. The lowest BCUT2D eigenvalue weighted by molar-refractivity contribution is -0.121. The highest BCUT2D eigenvalue weighted by atomic mass is 32.1. The number of aromatic nitrogens is 2. The highest BCUT2D eigenvalue weighted by Gasteiger charge is 2.29. The first-order valence-corrected chi connectivity index (χ1v) is 10.7. The molecule has 1 aliphatic rings. The highest BCUT2D eigenvalue weighted by Crippen LogP contribution is 2.26. The number of benzene rings is 2. The zero-order chi connectivity index (χ0) is 20.9. The van der Waals surface area contributed by atoms with Gasteiger partial charge in [0.2, 0.25) is 11.0 Å². The molecule has 0 atom stereocenters. The normalized spacial score (nSPS) is 14.5. The Balaban J connectivity index is 1.39. The highest BCUT2D eigenvalue weighted by molar-refractivity contribution is 7.13. The van der Waals surface area contributed by atoms with E-state index < -0.39 is 0 Å². The lowest BCUT2D eigenvalue weighted by Crippen LogP contribution is -2.41. The van der Waals surface area contributed by atoms with Crippen molar-refractivity contribution >= 4 is 28.3 Å². The molecule has 0 saturated carbocycles. The molecule has 1 fully saturated rings. The van der Waals surface area contributed by atoms with Crippen LogP contribution < -0.4 is 5.32 Å². The third kappa shape index (κ3) is 4.65. The van der Waals surface area contributed by atoms with Crippen LogP contribution in [0.15, 0.2) is 54.0 Å². The fourth-order valence-electron chi connectivity index (χ4n) is 3.65. The van der Waals surface area contributed by atoms with E-state index in [-0.39, 0.29) is 23.5 Å². The second-order valence-corrected chi connectivity index (χ2v) is 8.15. The van der Waals surface area contributed by atoms with E-state index >= 15 is 0 Å². The standard InChI is InChI=1S/C22H22N4O3S/c27-19-7-6-16(12-15-4-2-1-3-5-15)13-18(19)21(29)26-10-8-17(9-11-26)20(28)24-22-25-23-14-30-22/h1-7,13-14,17,27H,8-12H2,(H,24,25,28). The molecule has 0 aliphatic carbocycles. The fourth-order valence-corrected chi connectivity index (χ4v) is 4.09. The molecule has 7 nitrogen and oxygen atoms in total. The summed E-state index contributed by atoms with van der Waals surface area (Å²) in [5.74, 6) is -0.485. The van der Waals surface area contributed by atoms with Gasteiger partial charge in [-0.1, -0.05) is 47.7 Å². The number of carbonyl (C=O) groups excluding carboxylic acids is 2. The minimum absolute atomic E-state index is 0.0204. The van der Waals surface area contributed by atoms with Crippen molar-refractivity contribution in [3.8, 4) is 5.75 Å². The third-order valence-corrected chi connectivity index (χ3v) is 5.89. The van der Waals surface area contributed by atoms with Crippen LogP contribution in [0.5, 0.6) is 5.75 Å². The van der Waals surface area contributed by atoms with Gasteiger partial charge in [-0.25, -0.2) is 0 Å². The number of carbonyl (C=O) groups is 2. The number of nitrogens with zero attached hydrogens (tertiary/aromatic N) is 3. The number of phenolic OH excluding ortho intramolecular Hbond substituents is 1. The molecule has 2 aromatic carbocycles. The Morgan fingerprint density at radius 1 is 1.10 bits per heavy atom. The van der Waals surface area contributed by atoms with Crippen molar-refractivity contribution < 1.29 is 14.7 Å².